The van der Waals surface area contributed by atoms with Crippen LogP contribution in [0, 0.1) is 0 Å². The van der Waals surface area contributed by atoms with E-state index >= 15 is 0 Å². The second-order valence-corrected chi connectivity index (χ2v) is 7.00. The molecule has 0 spiro atoms. The van der Waals surface area contributed by atoms with Crippen molar-refractivity contribution >= 4 is 21.8 Å². The van der Waals surface area contributed by atoms with Gasteiger partial charge in [-0.3, -0.25) is 4.79 Å². The van der Waals surface area contributed by atoms with Gasteiger partial charge in [0.15, 0.2) is 17.6 Å². The number of rotatable bonds is 8. The monoisotopic (exact) mass is 421 g/mol. The molecule has 1 N–H and O–H groups in total. The molecule has 26 heavy (non-hydrogen) atoms. The molecule has 0 fully saturated rings. The van der Waals surface area contributed by atoms with Crippen molar-refractivity contribution in [1.29, 1.82) is 0 Å². The van der Waals surface area contributed by atoms with E-state index in [4.69, 9.17) is 14.2 Å². The highest BCUT2D eigenvalue weighted by molar-refractivity contribution is 9.10. The molecule has 0 saturated heterocycles. The Hall–Kier alpha value is -2.21. The number of nitrogens with one attached hydrogen (secondary N) is 1. The average Bonchev–Trinajstić information content (AvgIpc) is 2.62. The zero-order valence-corrected chi connectivity index (χ0v) is 17.0. The molecule has 5 nitrogen and oxygen atoms in total. The summed E-state index contributed by atoms with van der Waals surface area (Å²) in [6, 6.07) is 13.0. The molecule has 1 atom stereocenters. The second kappa shape index (κ2) is 9.48. The van der Waals surface area contributed by atoms with E-state index in [0.717, 1.165) is 10.0 Å². The smallest absolute Gasteiger partial charge is 0.261 e. The molecule has 0 aromatic heterocycles. The fourth-order valence-electron chi connectivity index (χ4n) is 2.28. The number of hydrogen-bond acceptors (Lipinski definition) is 4. The Morgan fingerprint density at radius 3 is 2.35 bits per heavy atom. The van der Waals surface area contributed by atoms with Crippen LogP contribution in [0.2, 0.25) is 0 Å². The fourth-order valence-corrected chi connectivity index (χ4v) is 2.54. The van der Waals surface area contributed by atoms with Crippen molar-refractivity contribution < 1.29 is 19.0 Å². The molecule has 2 aromatic rings. The van der Waals surface area contributed by atoms with Gasteiger partial charge in [0.25, 0.3) is 5.91 Å². The highest BCUT2D eigenvalue weighted by Crippen LogP contribution is 2.29. The number of ether oxygens (including phenoxy) is 3. The van der Waals surface area contributed by atoms with Gasteiger partial charge in [0.1, 0.15) is 5.75 Å². The van der Waals surface area contributed by atoms with Gasteiger partial charge in [-0.25, -0.2) is 0 Å². The van der Waals surface area contributed by atoms with Crippen molar-refractivity contribution in [3.05, 3.63) is 52.5 Å². The van der Waals surface area contributed by atoms with Crippen LogP contribution >= 0.6 is 15.9 Å². The first-order valence-corrected chi connectivity index (χ1v) is 9.22. The number of benzene rings is 2. The van der Waals surface area contributed by atoms with Crippen molar-refractivity contribution in [1.82, 2.24) is 5.32 Å². The van der Waals surface area contributed by atoms with Gasteiger partial charge >= 0.3 is 0 Å². The minimum absolute atomic E-state index is 0.0612. The van der Waals surface area contributed by atoms with Crippen LogP contribution in [0.15, 0.2) is 46.9 Å². The van der Waals surface area contributed by atoms with E-state index < -0.39 is 6.10 Å². The predicted octanol–water partition coefficient (Wildman–Crippen LogP) is 4.33. The van der Waals surface area contributed by atoms with Gasteiger partial charge in [0, 0.05) is 11.0 Å². The third-order valence-electron chi connectivity index (χ3n) is 3.55. The second-order valence-electron chi connectivity index (χ2n) is 6.08. The summed E-state index contributed by atoms with van der Waals surface area (Å²) in [5.74, 6) is 1.79. The van der Waals surface area contributed by atoms with Gasteiger partial charge in [-0.05, 0) is 62.7 Å². The van der Waals surface area contributed by atoms with E-state index in [1.54, 1.807) is 14.0 Å². The van der Waals surface area contributed by atoms with E-state index in [1.165, 1.54) is 0 Å². The van der Waals surface area contributed by atoms with Crippen LogP contribution in [-0.2, 0) is 11.3 Å². The van der Waals surface area contributed by atoms with Crippen LogP contribution in [0.3, 0.4) is 0 Å². The molecule has 0 aliphatic rings. The maximum Gasteiger partial charge on any atom is 0.261 e. The summed E-state index contributed by atoms with van der Waals surface area (Å²) >= 11 is 3.37. The molecule has 140 valence electrons. The van der Waals surface area contributed by atoms with Gasteiger partial charge < -0.3 is 19.5 Å². The summed E-state index contributed by atoms with van der Waals surface area (Å²) in [7, 11) is 1.60. The van der Waals surface area contributed by atoms with Gasteiger partial charge in [-0.15, -0.1) is 0 Å². The Bertz CT molecular complexity index is 731. The zero-order chi connectivity index (χ0) is 19.1. The average molecular weight is 422 g/mol. The van der Waals surface area contributed by atoms with Gasteiger partial charge in [-0.1, -0.05) is 22.0 Å². The minimum Gasteiger partial charge on any atom is -0.493 e. The summed E-state index contributed by atoms with van der Waals surface area (Å²) in [5, 5.41) is 2.87. The fraction of sp³-hybridized carbons (Fsp3) is 0.350. The number of hydrogen-bond donors (Lipinski definition) is 1. The topological polar surface area (TPSA) is 56.8 Å². The molecule has 0 bridgehead atoms. The van der Waals surface area contributed by atoms with Crippen LogP contribution in [-0.4, -0.2) is 25.2 Å². The first kappa shape index (κ1) is 20.1. The molecule has 1 amide bonds. The quantitative estimate of drug-likeness (QED) is 0.688. The molecular formula is C20H24BrNO4. The molecule has 0 radical (unpaired) electrons. The molecule has 2 aromatic carbocycles. The Kier molecular flexibility index (Phi) is 7.33. The highest BCUT2D eigenvalue weighted by atomic mass is 79.9. The van der Waals surface area contributed by atoms with E-state index in [1.807, 2.05) is 56.3 Å². The van der Waals surface area contributed by atoms with Crippen LogP contribution in [0.5, 0.6) is 17.2 Å². The lowest BCUT2D eigenvalue weighted by Gasteiger charge is -2.16. The Morgan fingerprint density at radius 2 is 1.73 bits per heavy atom. The minimum atomic E-state index is -0.596. The van der Waals surface area contributed by atoms with Crippen LogP contribution in [0.4, 0.5) is 0 Å². The van der Waals surface area contributed by atoms with Crippen molar-refractivity contribution in [3.63, 3.8) is 0 Å². The predicted molar refractivity (Wildman–Crippen MR) is 105 cm³/mol. The first-order valence-electron chi connectivity index (χ1n) is 8.42. The number of amides is 1. The molecule has 0 heterocycles. The van der Waals surface area contributed by atoms with Crippen molar-refractivity contribution in [3.8, 4) is 17.2 Å². The highest BCUT2D eigenvalue weighted by Gasteiger charge is 2.15. The maximum absolute atomic E-state index is 12.3. The number of carbonyl (C=O) groups is 1. The molecular weight excluding hydrogens is 398 g/mol. The summed E-state index contributed by atoms with van der Waals surface area (Å²) in [6.45, 7) is 6.02. The largest absolute Gasteiger partial charge is 0.493 e. The molecule has 0 aliphatic heterocycles. The Balaban J connectivity index is 1.92. The van der Waals surface area contributed by atoms with Crippen molar-refractivity contribution in [2.45, 2.75) is 39.5 Å². The van der Waals surface area contributed by atoms with E-state index in [-0.39, 0.29) is 12.0 Å². The van der Waals surface area contributed by atoms with Gasteiger partial charge in [-0.2, -0.15) is 0 Å². The summed E-state index contributed by atoms with van der Waals surface area (Å²) in [6.07, 6.45) is -0.535. The Labute approximate surface area is 162 Å². The third-order valence-corrected chi connectivity index (χ3v) is 4.08. The van der Waals surface area contributed by atoms with Crippen molar-refractivity contribution in [2.24, 2.45) is 0 Å². The number of halogens is 1. The maximum atomic E-state index is 12.3. The standard InChI is InChI=1S/C20H24BrNO4/c1-13(2)25-18-10-5-15(11-19(18)24-4)12-22-20(23)14(3)26-17-8-6-16(21)7-9-17/h5-11,13-14H,12H2,1-4H3,(H,22,23). The molecule has 2 rings (SSSR count). The normalized spacial score (nSPS) is 11.8. The summed E-state index contributed by atoms with van der Waals surface area (Å²) < 4.78 is 17.7. The molecule has 1 unspecified atom stereocenters. The summed E-state index contributed by atoms with van der Waals surface area (Å²) in [4.78, 5) is 12.3. The van der Waals surface area contributed by atoms with Crippen LogP contribution in [0.1, 0.15) is 26.3 Å². The van der Waals surface area contributed by atoms with E-state index in [9.17, 15) is 4.79 Å². The van der Waals surface area contributed by atoms with E-state index in [0.29, 0.717) is 23.8 Å². The van der Waals surface area contributed by atoms with Crippen LogP contribution < -0.4 is 19.5 Å². The van der Waals surface area contributed by atoms with Gasteiger partial charge in [0.2, 0.25) is 0 Å². The summed E-state index contributed by atoms with van der Waals surface area (Å²) in [5.41, 5.74) is 0.919. The number of methoxy groups -OCH3 is 1. The van der Waals surface area contributed by atoms with Crippen LogP contribution in [0.25, 0.3) is 0 Å². The zero-order valence-electron chi connectivity index (χ0n) is 15.4. The lowest BCUT2D eigenvalue weighted by atomic mass is 10.2. The lowest BCUT2D eigenvalue weighted by Crippen LogP contribution is -2.35. The van der Waals surface area contributed by atoms with Crippen molar-refractivity contribution in [2.75, 3.05) is 7.11 Å². The Morgan fingerprint density at radius 1 is 1.04 bits per heavy atom. The molecule has 6 heteroatoms. The SMILES string of the molecule is COc1cc(CNC(=O)C(C)Oc2ccc(Br)cc2)ccc1OC(C)C. The lowest BCUT2D eigenvalue weighted by molar-refractivity contribution is -0.127. The van der Waals surface area contributed by atoms with E-state index in [2.05, 4.69) is 21.2 Å². The third kappa shape index (κ3) is 5.95. The molecule has 0 aliphatic carbocycles. The molecule has 0 saturated carbocycles. The van der Waals surface area contributed by atoms with Gasteiger partial charge in [0.05, 0.1) is 13.2 Å². The first-order chi connectivity index (χ1) is 12.4. The number of carbonyl (C=O) groups excluding carboxylic acids is 1.